The summed E-state index contributed by atoms with van der Waals surface area (Å²) in [5.41, 5.74) is 1.86. The van der Waals surface area contributed by atoms with E-state index in [4.69, 9.17) is 4.74 Å². The lowest BCUT2D eigenvalue weighted by Gasteiger charge is -2.10. The van der Waals surface area contributed by atoms with Crippen molar-refractivity contribution in [3.05, 3.63) is 89.9 Å². The van der Waals surface area contributed by atoms with Gasteiger partial charge < -0.3 is 10.1 Å². The van der Waals surface area contributed by atoms with Gasteiger partial charge in [0.25, 0.3) is 5.91 Å². The number of nitrogens with zero attached hydrogens (tertiary/aromatic N) is 4. The van der Waals surface area contributed by atoms with E-state index in [1.807, 2.05) is 0 Å². The summed E-state index contributed by atoms with van der Waals surface area (Å²) in [6.07, 6.45) is 3.20. The molecule has 0 aliphatic heterocycles. The second-order valence-electron chi connectivity index (χ2n) is 6.56. The lowest BCUT2D eigenvalue weighted by atomic mass is 10.1. The Kier molecular flexibility index (Phi) is 5.65. The van der Waals surface area contributed by atoms with Crippen molar-refractivity contribution in [1.29, 1.82) is 0 Å². The molecule has 156 valence electrons. The van der Waals surface area contributed by atoms with Gasteiger partial charge in [-0.05, 0) is 30.3 Å². The second-order valence-corrected chi connectivity index (χ2v) is 6.56. The molecule has 1 amide bonds. The summed E-state index contributed by atoms with van der Waals surface area (Å²) in [7, 11) is 1.55. The molecule has 0 saturated carbocycles. The van der Waals surface area contributed by atoms with Crippen molar-refractivity contribution >= 4 is 5.91 Å². The quantitative estimate of drug-likeness (QED) is 0.515. The summed E-state index contributed by atoms with van der Waals surface area (Å²) in [4.78, 5) is 17.0. The number of carbonyl (C=O) groups is 1. The highest BCUT2D eigenvalue weighted by atomic mass is 19.1. The number of ether oxygens (including phenoxy) is 1. The van der Waals surface area contributed by atoms with Crippen LogP contribution in [0.3, 0.4) is 0 Å². The Balaban J connectivity index is 1.70. The molecule has 4 rings (SSSR count). The Morgan fingerprint density at radius 3 is 2.74 bits per heavy atom. The third-order valence-corrected chi connectivity index (χ3v) is 4.57. The molecule has 0 bridgehead atoms. The van der Waals surface area contributed by atoms with Gasteiger partial charge in [-0.1, -0.05) is 17.3 Å². The number of amides is 1. The third-order valence-electron chi connectivity index (χ3n) is 4.57. The fourth-order valence-electron chi connectivity index (χ4n) is 3.04. The van der Waals surface area contributed by atoms with Gasteiger partial charge in [0.05, 0.1) is 12.8 Å². The Hall–Kier alpha value is -4.14. The van der Waals surface area contributed by atoms with Crippen LogP contribution >= 0.6 is 0 Å². The standard InChI is InChI=1S/C22H17F2N5O2/c1-31-18-6-2-5-17(11-18)29-21(15-4-3-9-25-12-15)20(27-28-29)22(30)26-13-14-7-8-16(23)10-19(14)24/h2-12H,13H2,1H3,(H,26,30). The number of nitrogens with one attached hydrogen (secondary N) is 1. The number of methoxy groups -OCH3 is 1. The van der Waals surface area contributed by atoms with Crippen LogP contribution in [0.15, 0.2) is 67.0 Å². The van der Waals surface area contributed by atoms with E-state index in [1.165, 1.54) is 10.7 Å². The number of hydrogen-bond donors (Lipinski definition) is 1. The summed E-state index contributed by atoms with van der Waals surface area (Å²) in [6, 6.07) is 13.8. The van der Waals surface area contributed by atoms with Crippen molar-refractivity contribution in [3.8, 4) is 22.7 Å². The Morgan fingerprint density at radius 2 is 2.00 bits per heavy atom. The molecule has 0 saturated heterocycles. The number of carbonyl (C=O) groups excluding carboxylic acids is 1. The Bertz CT molecular complexity index is 1230. The van der Waals surface area contributed by atoms with Crippen molar-refractivity contribution in [3.63, 3.8) is 0 Å². The van der Waals surface area contributed by atoms with Crippen LogP contribution in [0.1, 0.15) is 16.1 Å². The summed E-state index contributed by atoms with van der Waals surface area (Å²) in [6.45, 7) is -0.135. The van der Waals surface area contributed by atoms with Gasteiger partial charge in [-0.15, -0.1) is 5.10 Å². The molecule has 0 unspecified atom stereocenters. The molecule has 1 N–H and O–H groups in total. The highest BCUT2D eigenvalue weighted by Gasteiger charge is 2.22. The van der Waals surface area contributed by atoms with E-state index >= 15 is 0 Å². The first kappa shape index (κ1) is 20.1. The molecule has 9 heteroatoms. The SMILES string of the molecule is COc1cccc(-n2nnc(C(=O)NCc3ccc(F)cc3F)c2-c2cccnc2)c1. The number of halogens is 2. The normalized spacial score (nSPS) is 10.7. The second kappa shape index (κ2) is 8.70. The fourth-order valence-corrected chi connectivity index (χ4v) is 3.04. The number of aromatic nitrogens is 4. The minimum absolute atomic E-state index is 0.0401. The molecular formula is C22H17F2N5O2. The van der Waals surface area contributed by atoms with Gasteiger partial charge in [-0.3, -0.25) is 9.78 Å². The van der Waals surface area contributed by atoms with Crippen LogP contribution in [0, 0.1) is 11.6 Å². The monoisotopic (exact) mass is 421 g/mol. The van der Waals surface area contributed by atoms with Crippen LogP contribution in [0.2, 0.25) is 0 Å². The van der Waals surface area contributed by atoms with Crippen LogP contribution in [0.5, 0.6) is 5.75 Å². The summed E-state index contributed by atoms with van der Waals surface area (Å²) in [5.74, 6) is -1.37. The molecule has 2 aromatic carbocycles. The summed E-state index contributed by atoms with van der Waals surface area (Å²) in [5, 5.41) is 10.8. The third kappa shape index (κ3) is 4.25. The zero-order valence-corrected chi connectivity index (χ0v) is 16.4. The average molecular weight is 421 g/mol. The van der Waals surface area contributed by atoms with Gasteiger partial charge in [0.15, 0.2) is 5.69 Å². The van der Waals surface area contributed by atoms with Crippen molar-refractivity contribution in [2.24, 2.45) is 0 Å². The molecule has 4 aromatic rings. The predicted octanol–water partition coefficient (Wildman–Crippen LogP) is 3.55. The van der Waals surface area contributed by atoms with E-state index in [9.17, 15) is 13.6 Å². The van der Waals surface area contributed by atoms with Crippen LogP contribution in [0.4, 0.5) is 8.78 Å². The minimum atomic E-state index is -0.743. The van der Waals surface area contributed by atoms with Crippen molar-refractivity contribution in [2.45, 2.75) is 6.54 Å². The lowest BCUT2D eigenvalue weighted by Crippen LogP contribution is -2.24. The molecule has 7 nitrogen and oxygen atoms in total. The van der Waals surface area contributed by atoms with E-state index in [0.29, 0.717) is 22.7 Å². The number of rotatable bonds is 6. The minimum Gasteiger partial charge on any atom is -0.497 e. The zero-order chi connectivity index (χ0) is 21.8. The number of pyridine rings is 1. The van der Waals surface area contributed by atoms with Crippen molar-refractivity contribution in [2.75, 3.05) is 7.11 Å². The Morgan fingerprint density at radius 1 is 1.13 bits per heavy atom. The van der Waals surface area contributed by atoms with E-state index in [0.717, 1.165) is 12.1 Å². The highest BCUT2D eigenvalue weighted by Crippen LogP contribution is 2.26. The van der Waals surface area contributed by atoms with Crippen molar-refractivity contribution in [1.82, 2.24) is 25.3 Å². The lowest BCUT2D eigenvalue weighted by molar-refractivity contribution is 0.0946. The van der Waals surface area contributed by atoms with Crippen LogP contribution in [0.25, 0.3) is 16.9 Å². The molecular weight excluding hydrogens is 404 g/mol. The average Bonchev–Trinajstić information content (AvgIpc) is 3.24. The predicted molar refractivity (Wildman–Crippen MR) is 109 cm³/mol. The van der Waals surface area contributed by atoms with Gasteiger partial charge in [-0.25, -0.2) is 13.5 Å². The molecule has 2 aromatic heterocycles. The van der Waals surface area contributed by atoms with E-state index in [1.54, 1.807) is 55.9 Å². The van der Waals surface area contributed by atoms with E-state index in [-0.39, 0.29) is 17.8 Å². The molecule has 2 heterocycles. The van der Waals surface area contributed by atoms with Crippen LogP contribution in [-0.2, 0) is 6.54 Å². The molecule has 0 spiro atoms. The first-order valence-electron chi connectivity index (χ1n) is 9.29. The topological polar surface area (TPSA) is 81.9 Å². The number of hydrogen-bond acceptors (Lipinski definition) is 5. The van der Waals surface area contributed by atoms with E-state index in [2.05, 4.69) is 20.6 Å². The van der Waals surface area contributed by atoms with Crippen LogP contribution in [-0.4, -0.2) is 33.0 Å². The molecule has 31 heavy (non-hydrogen) atoms. The number of benzene rings is 2. The molecule has 0 aliphatic carbocycles. The highest BCUT2D eigenvalue weighted by molar-refractivity contribution is 5.98. The van der Waals surface area contributed by atoms with Crippen molar-refractivity contribution < 1.29 is 18.3 Å². The molecule has 0 radical (unpaired) electrons. The summed E-state index contributed by atoms with van der Waals surface area (Å²) >= 11 is 0. The van der Waals surface area contributed by atoms with Gasteiger partial charge in [0.2, 0.25) is 0 Å². The van der Waals surface area contributed by atoms with Gasteiger partial charge in [0.1, 0.15) is 23.1 Å². The van der Waals surface area contributed by atoms with Gasteiger partial charge >= 0.3 is 0 Å². The smallest absolute Gasteiger partial charge is 0.274 e. The fraction of sp³-hybridized carbons (Fsp3) is 0.0909. The maximum Gasteiger partial charge on any atom is 0.274 e. The molecule has 0 aliphatic rings. The molecule has 0 atom stereocenters. The zero-order valence-electron chi connectivity index (χ0n) is 16.4. The first-order chi connectivity index (χ1) is 15.1. The Labute approximate surface area is 176 Å². The first-order valence-corrected chi connectivity index (χ1v) is 9.29. The maximum atomic E-state index is 13.9. The molecule has 0 fully saturated rings. The largest absolute Gasteiger partial charge is 0.497 e. The van der Waals surface area contributed by atoms with Gasteiger partial charge in [-0.2, -0.15) is 0 Å². The summed E-state index contributed by atoms with van der Waals surface area (Å²) < 4.78 is 33.8. The van der Waals surface area contributed by atoms with E-state index < -0.39 is 17.5 Å². The van der Waals surface area contributed by atoms with Crippen LogP contribution < -0.4 is 10.1 Å². The van der Waals surface area contributed by atoms with Gasteiger partial charge in [0, 0.05) is 42.2 Å². The maximum absolute atomic E-state index is 13.9.